The zero-order valence-electron chi connectivity index (χ0n) is 18.9. The molecule has 4 rings (SSSR count). The van der Waals surface area contributed by atoms with E-state index < -0.39 is 0 Å². The van der Waals surface area contributed by atoms with Crippen molar-refractivity contribution in [2.75, 3.05) is 7.11 Å². The molecule has 3 nitrogen and oxygen atoms in total. The molecular weight excluding hydrogens is 401 g/mol. The second-order valence-corrected chi connectivity index (χ2v) is 8.96. The molecule has 0 unspecified atom stereocenters. The molecule has 0 radical (unpaired) electrons. The van der Waals surface area contributed by atoms with Crippen LogP contribution in [0.4, 0.5) is 4.39 Å². The summed E-state index contributed by atoms with van der Waals surface area (Å²) in [6.07, 6.45) is 7.80. The number of ether oxygens (including phenoxy) is 1. The van der Waals surface area contributed by atoms with E-state index in [0.717, 1.165) is 59.4 Å². The summed E-state index contributed by atoms with van der Waals surface area (Å²) in [6, 6.07) is 16.8. The Balaban J connectivity index is 1.55. The first-order valence-electron chi connectivity index (χ1n) is 11.4. The fraction of sp³-hybridized carbons (Fsp3) is 0.357. The molecule has 1 saturated carbocycles. The van der Waals surface area contributed by atoms with Gasteiger partial charge in [-0.1, -0.05) is 43.5 Å². The topological polar surface area (TPSA) is 39.2 Å². The molecule has 0 spiro atoms. The number of rotatable bonds is 7. The van der Waals surface area contributed by atoms with Gasteiger partial charge in [-0.15, -0.1) is 0 Å². The van der Waals surface area contributed by atoms with E-state index in [0.29, 0.717) is 12.8 Å². The molecule has 3 aromatic rings. The zero-order valence-corrected chi connectivity index (χ0v) is 18.9. The van der Waals surface area contributed by atoms with Crippen molar-refractivity contribution in [3.05, 3.63) is 83.4 Å². The number of pyridine rings is 1. The molecule has 166 valence electrons. The number of methoxy groups -OCH3 is 1. The first-order valence-corrected chi connectivity index (χ1v) is 11.4. The Kier molecular flexibility index (Phi) is 6.69. The van der Waals surface area contributed by atoms with E-state index in [4.69, 9.17) is 4.74 Å². The lowest BCUT2D eigenvalue weighted by Gasteiger charge is -2.37. The lowest BCUT2D eigenvalue weighted by molar-refractivity contribution is -0.120. The predicted molar refractivity (Wildman–Crippen MR) is 125 cm³/mol. The minimum absolute atomic E-state index is 0.186. The largest absolute Gasteiger partial charge is 0.496 e. The average Bonchev–Trinajstić information content (AvgIpc) is 2.79. The van der Waals surface area contributed by atoms with Crippen molar-refractivity contribution in [2.45, 2.75) is 57.3 Å². The van der Waals surface area contributed by atoms with Gasteiger partial charge < -0.3 is 4.74 Å². The second kappa shape index (κ2) is 9.64. The summed E-state index contributed by atoms with van der Waals surface area (Å²) in [5.41, 5.74) is 4.62. The van der Waals surface area contributed by atoms with Crippen molar-refractivity contribution < 1.29 is 13.9 Å². The van der Waals surface area contributed by atoms with Crippen molar-refractivity contribution in [3.63, 3.8) is 0 Å². The van der Waals surface area contributed by atoms with Crippen molar-refractivity contribution in [3.8, 4) is 16.9 Å². The fourth-order valence-electron chi connectivity index (χ4n) is 5.08. The van der Waals surface area contributed by atoms with Crippen LogP contribution in [0.3, 0.4) is 0 Å². The Labute approximate surface area is 189 Å². The molecular formula is C28H30FNO2. The van der Waals surface area contributed by atoms with E-state index in [-0.39, 0.29) is 17.0 Å². The van der Waals surface area contributed by atoms with Gasteiger partial charge in [-0.3, -0.25) is 9.78 Å². The van der Waals surface area contributed by atoms with Crippen molar-refractivity contribution >= 4 is 5.78 Å². The van der Waals surface area contributed by atoms with Gasteiger partial charge in [-0.2, -0.15) is 0 Å². The number of aromatic nitrogens is 1. The number of hydrogen-bond donors (Lipinski definition) is 0. The van der Waals surface area contributed by atoms with Gasteiger partial charge in [0.2, 0.25) is 0 Å². The van der Waals surface area contributed by atoms with Crippen molar-refractivity contribution in [1.29, 1.82) is 0 Å². The van der Waals surface area contributed by atoms with Crippen LogP contribution in [0, 0.1) is 12.7 Å². The number of ketones is 1. The highest BCUT2D eigenvalue weighted by Crippen LogP contribution is 2.43. The molecule has 0 amide bonds. The van der Waals surface area contributed by atoms with Crippen LogP contribution in [0.15, 0.2) is 60.8 Å². The van der Waals surface area contributed by atoms with Crippen LogP contribution in [0.5, 0.6) is 5.75 Å². The smallest absolute Gasteiger partial charge is 0.138 e. The van der Waals surface area contributed by atoms with Crippen LogP contribution < -0.4 is 4.74 Å². The molecule has 2 aromatic carbocycles. The SMILES string of the molecule is COc1cc(CC(=O)CC2(c3cccc(F)c3)CCCCC2)ccc1-c1ccnc(C)c1. The normalized spacial score (nSPS) is 15.3. The third-order valence-corrected chi connectivity index (χ3v) is 6.66. The summed E-state index contributed by atoms with van der Waals surface area (Å²) in [5, 5.41) is 0. The lowest BCUT2D eigenvalue weighted by atomic mass is 9.66. The number of benzene rings is 2. The number of aryl methyl sites for hydroxylation is 1. The summed E-state index contributed by atoms with van der Waals surface area (Å²) in [7, 11) is 1.65. The van der Waals surface area contributed by atoms with Gasteiger partial charge >= 0.3 is 0 Å². The van der Waals surface area contributed by atoms with Crippen LogP contribution in [0.1, 0.15) is 55.3 Å². The molecule has 4 heteroatoms. The standard InChI is InChI=1S/C28H30FNO2/c1-20-15-22(11-14-30-20)26-10-9-21(17-27(26)32-2)16-25(31)19-28(12-4-3-5-13-28)23-7-6-8-24(29)18-23/h6-11,14-15,17-18H,3-5,12-13,16,19H2,1-2H3. The van der Waals surface area contributed by atoms with Gasteiger partial charge in [-0.25, -0.2) is 4.39 Å². The Hall–Kier alpha value is -3.01. The zero-order chi connectivity index (χ0) is 22.6. The molecule has 1 heterocycles. The Morgan fingerprint density at radius 1 is 1.06 bits per heavy atom. The number of carbonyl (C=O) groups is 1. The summed E-state index contributed by atoms with van der Waals surface area (Å²) in [4.78, 5) is 17.5. The number of halogens is 1. The third-order valence-electron chi connectivity index (χ3n) is 6.66. The molecule has 0 saturated heterocycles. The summed E-state index contributed by atoms with van der Waals surface area (Å²) < 4.78 is 19.6. The number of nitrogens with zero attached hydrogens (tertiary/aromatic N) is 1. The molecule has 32 heavy (non-hydrogen) atoms. The molecule has 0 aliphatic heterocycles. The van der Waals surface area contributed by atoms with Gasteiger partial charge in [0.05, 0.1) is 7.11 Å². The average molecular weight is 432 g/mol. The molecule has 1 aromatic heterocycles. The van der Waals surface area contributed by atoms with E-state index in [9.17, 15) is 9.18 Å². The quantitative estimate of drug-likeness (QED) is 0.423. The van der Waals surface area contributed by atoms with Gasteiger partial charge in [0, 0.05) is 35.7 Å². The summed E-state index contributed by atoms with van der Waals surface area (Å²) >= 11 is 0. The number of Topliss-reactive ketones (excluding diaryl/α,β-unsaturated/α-hetero) is 1. The molecule has 1 aliphatic rings. The second-order valence-electron chi connectivity index (χ2n) is 8.96. The van der Waals surface area contributed by atoms with E-state index in [2.05, 4.69) is 4.98 Å². The highest BCUT2D eigenvalue weighted by molar-refractivity contribution is 5.83. The maximum Gasteiger partial charge on any atom is 0.138 e. The predicted octanol–water partition coefficient (Wildman–Crippen LogP) is 6.61. The van der Waals surface area contributed by atoms with E-state index in [1.165, 1.54) is 12.5 Å². The summed E-state index contributed by atoms with van der Waals surface area (Å²) in [5.74, 6) is 0.704. The van der Waals surface area contributed by atoms with Crippen molar-refractivity contribution in [2.24, 2.45) is 0 Å². The number of carbonyl (C=O) groups excluding carboxylic acids is 1. The third kappa shape index (κ3) is 4.90. The van der Waals surface area contributed by atoms with Crippen LogP contribution in [0.2, 0.25) is 0 Å². The van der Waals surface area contributed by atoms with E-state index in [1.807, 2.05) is 43.3 Å². The van der Waals surface area contributed by atoms with Gasteiger partial charge in [-0.05, 0) is 66.8 Å². The van der Waals surface area contributed by atoms with E-state index >= 15 is 0 Å². The van der Waals surface area contributed by atoms with Gasteiger partial charge in [0.25, 0.3) is 0 Å². The van der Waals surface area contributed by atoms with Crippen LogP contribution in [-0.2, 0) is 16.6 Å². The van der Waals surface area contributed by atoms with Crippen LogP contribution >= 0.6 is 0 Å². The lowest BCUT2D eigenvalue weighted by Crippen LogP contribution is -2.32. The summed E-state index contributed by atoms with van der Waals surface area (Å²) in [6.45, 7) is 1.96. The maximum atomic E-state index is 14.0. The monoisotopic (exact) mass is 431 g/mol. The van der Waals surface area contributed by atoms with Gasteiger partial charge in [0.15, 0.2) is 0 Å². The fourth-order valence-corrected chi connectivity index (χ4v) is 5.08. The minimum atomic E-state index is -0.254. The first kappa shape index (κ1) is 22.2. The highest BCUT2D eigenvalue weighted by atomic mass is 19.1. The van der Waals surface area contributed by atoms with Crippen LogP contribution in [0.25, 0.3) is 11.1 Å². The number of hydrogen-bond acceptors (Lipinski definition) is 3. The molecule has 0 N–H and O–H groups in total. The van der Waals surface area contributed by atoms with E-state index in [1.54, 1.807) is 25.4 Å². The molecule has 1 fully saturated rings. The Morgan fingerprint density at radius 3 is 2.59 bits per heavy atom. The van der Waals surface area contributed by atoms with Crippen LogP contribution in [-0.4, -0.2) is 17.9 Å². The first-order chi connectivity index (χ1) is 15.5. The van der Waals surface area contributed by atoms with Crippen molar-refractivity contribution in [1.82, 2.24) is 4.98 Å². The molecule has 0 atom stereocenters. The molecule has 1 aliphatic carbocycles. The Bertz CT molecular complexity index is 1100. The molecule has 0 bridgehead atoms. The minimum Gasteiger partial charge on any atom is -0.496 e. The highest BCUT2D eigenvalue weighted by Gasteiger charge is 2.36. The van der Waals surface area contributed by atoms with Gasteiger partial charge in [0.1, 0.15) is 17.3 Å². The Morgan fingerprint density at radius 2 is 1.88 bits per heavy atom. The maximum absolute atomic E-state index is 14.0.